The first-order valence-electron chi connectivity index (χ1n) is 5.37. The minimum absolute atomic E-state index is 0.0798. The molecule has 0 aliphatic heterocycles. The predicted molar refractivity (Wildman–Crippen MR) is 71.3 cm³/mol. The highest BCUT2D eigenvalue weighted by atomic mass is 32.2. The van der Waals surface area contributed by atoms with Crippen molar-refractivity contribution in [2.45, 2.75) is 17.4 Å². The molecule has 0 radical (unpaired) electrons. The fourth-order valence-corrected chi connectivity index (χ4v) is 1.97. The van der Waals surface area contributed by atoms with E-state index in [1.165, 1.54) is 0 Å². The minimum Gasteiger partial charge on any atom is -0.380 e. The lowest BCUT2D eigenvalue weighted by atomic mass is 10.2. The second-order valence-corrected chi connectivity index (χ2v) is 4.39. The number of nitrogens with one attached hydrogen (secondary N) is 1. The van der Waals surface area contributed by atoms with E-state index in [0.29, 0.717) is 6.54 Å². The largest absolute Gasteiger partial charge is 0.380 e. The van der Waals surface area contributed by atoms with E-state index >= 15 is 0 Å². The highest BCUT2D eigenvalue weighted by Crippen LogP contribution is 2.24. The zero-order chi connectivity index (χ0) is 12.7. The number of carbonyl (C=O) groups is 1. The highest BCUT2D eigenvalue weighted by Gasteiger charge is 2.12. The molecule has 5 heteroatoms. The monoisotopic (exact) mass is 254 g/mol. The van der Waals surface area contributed by atoms with Crippen LogP contribution < -0.4 is 11.1 Å². The Kier molecular flexibility index (Phi) is 6.04. The zero-order valence-corrected chi connectivity index (χ0v) is 10.9. The van der Waals surface area contributed by atoms with Gasteiger partial charge in [0.25, 0.3) is 0 Å². The standard InChI is InChI=1S/C12H18N2O2S/c1-16-9(8-13)7-12(15)14-10-5-3-4-6-11(10)17-2/h3-6,9H,7-8,13H2,1-2H3,(H,14,15). The number of amides is 1. The average molecular weight is 254 g/mol. The van der Waals surface area contributed by atoms with E-state index in [0.717, 1.165) is 10.6 Å². The molecule has 3 N–H and O–H groups in total. The van der Waals surface area contributed by atoms with Crippen molar-refractivity contribution < 1.29 is 9.53 Å². The predicted octanol–water partition coefficient (Wildman–Crippen LogP) is 1.71. The first-order valence-corrected chi connectivity index (χ1v) is 6.59. The summed E-state index contributed by atoms with van der Waals surface area (Å²) in [6.07, 6.45) is 2.02. The van der Waals surface area contributed by atoms with Crippen LogP contribution in [0.1, 0.15) is 6.42 Å². The molecule has 0 aromatic heterocycles. The Balaban J connectivity index is 2.61. The molecule has 1 rings (SSSR count). The normalized spacial score (nSPS) is 12.2. The van der Waals surface area contributed by atoms with Crippen LogP contribution in [0.5, 0.6) is 0 Å². The highest BCUT2D eigenvalue weighted by molar-refractivity contribution is 7.98. The second-order valence-electron chi connectivity index (χ2n) is 3.55. The molecule has 1 unspecified atom stereocenters. The van der Waals surface area contributed by atoms with Gasteiger partial charge in [-0.1, -0.05) is 12.1 Å². The number of hydrogen-bond donors (Lipinski definition) is 2. The molecule has 1 aromatic carbocycles. The Morgan fingerprint density at radius 2 is 2.24 bits per heavy atom. The Morgan fingerprint density at radius 1 is 1.53 bits per heavy atom. The summed E-state index contributed by atoms with van der Waals surface area (Å²) in [5, 5.41) is 2.87. The van der Waals surface area contributed by atoms with Gasteiger partial charge in [0.05, 0.1) is 18.2 Å². The maximum absolute atomic E-state index is 11.8. The van der Waals surface area contributed by atoms with Gasteiger partial charge in [-0.25, -0.2) is 0 Å². The number of para-hydroxylation sites is 1. The van der Waals surface area contributed by atoms with E-state index in [4.69, 9.17) is 10.5 Å². The maximum Gasteiger partial charge on any atom is 0.227 e. The molecule has 0 heterocycles. The SMILES string of the molecule is COC(CN)CC(=O)Nc1ccccc1SC. The number of thioether (sulfide) groups is 1. The van der Waals surface area contributed by atoms with E-state index < -0.39 is 0 Å². The lowest BCUT2D eigenvalue weighted by Crippen LogP contribution is -2.28. The Morgan fingerprint density at radius 3 is 2.82 bits per heavy atom. The third kappa shape index (κ3) is 4.38. The number of rotatable bonds is 6. The summed E-state index contributed by atoms with van der Waals surface area (Å²) < 4.78 is 5.07. The van der Waals surface area contributed by atoms with Crippen molar-refractivity contribution >= 4 is 23.4 Å². The van der Waals surface area contributed by atoms with Crippen LogP contribution in [0.2, 0.25) is 0 Å². The summed E-state index contributed by atoms with van der Waals surface area (Å²) in [4.78, 5) is 12.8. The first-order chi connectivity index (χ1) is 8.21. The van der Waals surface area contributed by atoms with Crippen LogP contribution in [-0.2, 0) is 9.53 Å². The summed E-state index contributed by atoms with van der Waals surface area (Å²) in [7, 11) is 1.56. The fourth-order valence-electron chi connectivity index (χ4n) is 1.42. The molecule has 1 amide bonds. The molecular weight excluding hydrogens is 236 g/mol. The molecule has 4 nitrogen and oxygen atoms in total. The molecule has 0 bridgehead atoms. The Labute approximate surface area is 106 Å². The van der Waals surface area contributed by atoms with Gasteiger partial charge in [0.2, 0.25) is 5.91 Å². The van der Waals surface area contributed by atoms with Gasteiger partial charge in [0.15, 0.2) is 0 Å². The topological polar surface area (TPSA) is 64.3 Å². The molecule has 0 spiro atoms. The van der Waals surface area contributed by atoms with Crippen LogP contribution in [0.25, 0.3) is 0 Å². The van der Waals surface area contributed by atoms with Crippen LogP contribution in [0.15, 0.2) is 29.2 Å². The van der Waals surface area contributed by atoms with Gasteiger partial charge in [-0.05, 0) is 18.4 Å². The number of methoxy groups -OCH3 is 1. The number of ether oxygens (including phenoxy) is 1. The van der Waals surface area contributed by atoms with Crippen LogP contribution in [0.3, 0.4) is 0 Å². The number of anilines is 1. The maximum atomic E-state index is 11.8. The molecule has 1 aromatic rings. The van der Waals surface area contributed by atoms with E-state index in [-0.39, 0.29) is 18.4 Å². The van der Waals surface area contributed by atoms with E-state index in [2.05, 4.69) is 5.32 Å². The lowest BCUT2D eigenvalue weighted by molar-refractivity contribution is -0.118. The smallest absolute Gasteiger partial charge is 0.227 e. The van der Waals surface area contributed by atoms with Crippen molar-refractivity contribution in [2.75, 3.05) is 25.2 Å². The van der Waals surface area contributed by atoms with Gasteiger partial charge in [-0.2, -0.15) is 0 Å². The van der Waals surface area contributed by atoms with Gasteiger partial charge in [-0.15, -0.1) is 11.8 Å². The summed E-state index contributed by atoms with van der Waals surface area (Å²) in [6, 6.07) is 7.69. The third-order valence-electron chi connectivity index (χ3n) is 2.39. The van der Waals surface area contributed by atoms with Gasteiger partial charge in [0.1, 0.15) is 0 Å². The molecule has 0 saturated heterocycles. The van der Waals surface area contributed by atoms with Crippen LogP contribution in [0, 0.1) is 0 Å². The van der Waals surface area contributed by atoms with E-state index in [1.54, 1.807) is 18.9 Å². The van der Waals surface area contributed by atoms with Crippen molar-refractivity contribution in [3.05, 3.63) is 24.3 Å². The van der Waals surface area contributed by atoms with Crippen molar-refractivity contribution in [2.24, 2.45) is 5.73 Å². The summed E-state index contributed by atoms with van der Waals surface area (Å²) in [5.74, 6) is -0.0798. The summed E-state index contributed by atoms with van der Waals surface area (Å²) >= 11 is 1.60. The van der Waals surface area contributed by atoms with Gasteiger partial charge >= 0.3 is 0 Å². The van der Waals surface area contributed by atoms with Crippen molar-refractivity contribution in [3.8, 4) is 0 Å². The van der Waals surface area contributed by atoms with Crippen LogP contribution >= 0.6 is 11.8 Å². The molecule has 0 saturated carbocycles. The lowest BCUT2D eigenvalue weighted by Gasteiger charge is -2.13. The molecular formula is C12H18N2O2S. The van der Waals surface area contributed by atoms with Crippen molar-refractivity contribution in [1.82, 2.24) is 0 Å². The number of hydrogen-bond acceptors (Lipinski definition) is 4. The van der Waals surface area contributed by atoms with Crippen LogP contribution in [-0.4, -0.2) is 31.9 Å². The summed E-state index contributed by atoms with van der Waals surface area (Å²) in [6.45, 7) is 0.341. The molecule has 0 fully saturated rings. The Hall–Kier alpha value is -1.04. The molecule has 1 atom stereocenters. The van der Waals surface area contributed by atoms with Gasteiger partial charge in [-0.3, -0.25) is 4.79 Å². The van der Waals surface area contributed by atoms with Gasteiger partial charge in [0, 0.05) is 18.6 Å². The number of carbonyl (C=O) groups excluding carboxylic acids is 1. The Bertz CT molecular complexity index is 367. The number of nitrogens with two attached hydrogens (primary N) is 1. The molecule has 94 valence electrons. The zero-order valence-electron chi connectivity index (χ0n) is 10.1. The van der Waals surface area contributed by atoms with Crippen LogP contribution in [0.4, 0.5) is 5.69 Å². The van der Waals surface area contributed by atoms with E-state index in [1.807, 2.05) is 30.5 Å². The fraction of sp³-hybridized carbons (Fsp3) is 0.417. The van der Waals surface area contributed by atoms with Crippen molar-refractivity contribution in [1.29, 1.82) is 0 Å². The number of benzene rings is 1. The average Bonchev–Trinajstić information content (AvgIpc) is 2.36. The van der Waals surface area contributed by atoms with E-state index in [9.17, 15) is 4.79 Å². The second kappa shape index (κ2) is 7.32. The molecule has 0 aliphatic carbocycles. The first kappa shape index (κ1) is 14.0. The minimum atomic E-state index is -0.226. The quantitative estimate of drug-likeness (QED) is 0.759. The molecule has 17 heavy (non-hydrogen) atoms. The third-order valence-corrected chi connectivity index (χ3v) is 3.19. The van der Waals surface area contributed by atoms with Crippen molar-refractivity contribution in [3.63, 3.8) is 0 Å². The molecule has 0 aliphatic rings. The van der Waals surface area contributed by atoms with Gasteiger partial charge < -0.3 is 15.8 Å². The summed E-state index contributed by atoms with van der Waals surface area (Å²) in [5.41, 5.74) is 6.30.